The van der Waals surface area contributed by atoms with Crippen molar-refractivity contribution < 1.29 is 4.79 Å². The molecule has 1 saturated carbocycles. The number of likely N-dealkylation sites (tertiary alicyclic amines) is 2. The highest BCUT2D eigenvalue weighted by Crippen LogP contribution is 2.52. The highest BCUT2D eigenvalue weighted by atomic mass is 16.2. The fourth-order valence-corrected chi connectivity index (χ4v) is 5.04. The molecule has 3 fully saturated rings. The number of carbonyl (C=O) groups is 1. The van der Waals surface area contributed by atoms with Crippen LogP contribution in [0.5, 0.6) is 0 Å². The van der Waals surface area contributed by atoms with Gasteiger partial charge in [0.05, 0.1) is 11.4 Å². The molecule has 0 spiro atoms. The van der Waals surface area contributed by atoms with Crippen molar-refractivity contribution in [2.45, 2.75) is 66.0 Å². The number of rotatable bonds is 7. The third-order valence-corrected chi connectivity index (χ3v) is 6.87. The van der Waals surface area contributed by atoms with Crippen LogP contribution in [0.25, 0.3) is 0 Å². The zero-order chi connectivity index (χ0) is 18.3. The Labute approximate surface area is 156 Å². The lowest BCUT2D eigenvalue weighted by Gasteiger charge is -2.25. The zero-order valence-electron chi connectivity index (χ0n) is 16.6. The van der Waals surface area contributed by atoms with Crippen LogP contribution in [0.2, 0.25) is 0 Å². The van der Waals surface area contributed by atoms with Crippen molar-refractivity contribution in [2.75, 3.05) is 26.2 Å². The zero-order valence-corrected chi connectivity index (χ0v) is 16.6. The number of amides is 1. The molecule has 0 radical (unpaired) electrons. The predicted octanol–water partition coefficient (Wildman–Crippen LogP) is 2.47. The number of fused-ring (bicyclic) bond motifs is 1. The molecule has 2 atom stereocenters. The van der Waals surface area contributed by atoms with Gasteiger partial charge in [-0.15, -0.1) is 5.10 Å². The monoisotopic (exact) mass is 359 g/mol. The third-order valence-electron chi connectivity index (χ3n) is 6.87. The Morgan fingerprint density at radius 3 is 2.42 bits per heavy atom. The molecular formula is C20H33N5O. The summed E-state index contributed by atoms with van der Waals surface area (Å²) in [5, 5.41) is 8.46. The van der Waals surface area contributed by atoms with Gasteiger partial charge in [0.2, 0.25) is 5.91 Å². The Balaban J connectivity index is 1.33. The van der Waals surface area contributed by atoms with Gasteiger partial charge in [-0.2, -0.15) is 0 Å². The van der Waals surface area contributed by atoms with Crippen LogP contribution >= 0.6 is 0 Å². The van der Waals surface area contributed by atoms with E-state index in [4.69, 9.17) is 0 Å². The van der Waals surface area contributed by atoms with Gasteiger partial charge < -0.3 is 4.90 Å². The molecule has 1 aromatic heterocycles. The Morgan fingerprint density at radius 2 is 1.85 bits per heavy atom. The Hall–Kier alpha value is -1.43. The van der Waals surface area contributed by atoms with Gasteiger partial charge in [-0.25, -0.2) is 4.68 Å². The van der Waals surface area contributed by atoms with Crippen LogP contribution in [0.1, 0.15) is 57.3 Å². The summed E-state index contributed by atoms with van der Waals surface area (Å²) in [6, 6.07) is 0. The van der Waals surface area contributed by atoms with Crippen LogP contribution in [-0.2, 0) is 17.9 Å². The fourth-order valence-electron chi connectivity index (χ4n) is 5.04. The van der Waals surface area contributed by atoms with Gasteiger partial charge in [0.15, 0.2) is 0 Å². The summed E-state index contributed by atoms with van der Waals surface area (Å²) in [5.41, 5.74) is 2.33. The van der Waals surface area contributed by atoms with Gasteiger partial charge in [-0.1, -0.05) is 25.0 Å². The Morgan fingerprint density at radius 1 is 1.15 bits per heavy atom. The van der Waals surface area contributed by atoms with E-state index in [-0.39, 0.29) is 5.41 Å². The van der Waals surface area contributed by atoms with E-state index < -0.39 is 0 Å². The molecular weight excluding hydrogens is 326 g/mol. The van der Waals surface area contributed by atoms with E-state index >= 15 is 0 Å². The molecule has 1 aromatic rings. The maximum Gasteiger partial charge on any atom is 0.228 e. The van der Waals surface area contributed by atoms with Crippen molar-refractivity contribution in [3.05, 3.63) is 11.4 Å². The van der Waals surface area contributed by atoms with Gasteiger partial charge >= 0.3 is 0 Å². The Bertz CT molecular complexity index is 651. The van der Waals surface area contributed by atoms with E-state index in [0.29, 0.717) is 17.7 Å². The van der Waals surface area contributed by atoms with Crippen LogP contribution in [0.4, 0.5) is 0 Å². The Kier molecular flexibility index (Phi) is 4.80. The molecule has 3 aliphatic rings. The van der Waals surface area contributed by atoms with Gasteiger partial charge in [-0.05, 0) is 44.9 Å². The van der Waals surface area contributed by atoms with Crippen LogP contribution in [0.15, 0.2) is 0 Å². The molecule has 0 aromatic carbocycles. The first-order valence-electron chi connectivity index (χ1n) is 10.5. The number of aromatic nitrogens is 3. The number of hydrogen-bond acceptors (Lipinski definition) is 4. The van der Waals surface area contributed by atoms with Gasteiger partial charge in [0.1, 0.15) is 0 Å². The SMILES string of the molecule is CCCCC1(C(=O)N2C[C@H]3CN(Cc4c(C)nnn4CC)C[C@H]3C2)CC1. The number of aryl methyl sites for hydroxylation is 2. The summed E-state index contributed by atoms with van der Waals surface area (Å²) >= 11 is 0. The first-order valence-corrected chi connectivity index (χ1v) is 10.5. The number of nitrogens with zero attached hydrogens (tertiary/aromatic N) is 5. The number of carbonyl (C=O) groups excluding carboxylic acids is 1. The second-order valence-electron chi connectivity index (χ2n) is 8.75. The molecule has 2 aliphatic heterocycles. The lowest BCUT2D eigenvalue weighted by Crippen LogP contribution is -2.38. The van der Waals surface area contributed by atoms with Gasteiger partial charge in [-0.3, -0.25) is 9.69 Å². The summed E-state index contributed by atoms with van der Waals surface area (Å²) in [5.74, 6) is 1.76. The fraction of sp³-hybridized carbons (Fsp3) is 0.850. The lowest BCUT2D eigenvalue weighted by molar-refractivity contribution is -0.136. The largest absolute Gasteiger partial charge is 0.342 e. The van der Waals surface area contributed by atoms with E-state index in [9.17, 15) is 4.79 Å². The molecule has 0 bridgehead atoms. The summed E-state index contributed by atoms with van der Waals surface area (Å²) in [4.78, 5) is 17.8. The first-order chi connectivity index (χ1) is 12.6. The highest BCUT2D eigenvalue weighted by Gasteiger charge is 2.53. The van der Waals surface area contributed by atoms with E-state index in [1.165, 1.54) is 18.5 Å². The average Bonchev–Trinajstić information content (AvgIpc) is 2.99. The normalized spacial score (nSPS) is 27.1. The minimum atomic E-state index is 0.0325. The van der Waals surface area contributed by atoms with Crippen molar-refractivity contribution in [1.82, 2.24) is 24.8 Å². The van der Waals surface area contributed by atoms with Crippen LogP contribution in [0, 0.1) is 24.2 Å². The van der Waals surface area contributed by atoms with Gasteiger partial charge in [0, 0.05) is 44.7 Å². The quantitative estimate of drug-likeness (QED) is 0.750. The molecule has 6 nitrogen and oxygen atoms in total. The van der Waals surface area contributed by atoms with Crippen molar-refractivity contribution >= 4 is 5.91 Å². The smallest absolute Gasteiger partial charge is 0.228 e. The van der Waals surface area contributed by atoms with Crippen molar-refractivity contribution in [2.24, 2.45) is 17.3 Å². The molecule has 3 heterocycles. The number of unbranched alkanes of at least 4 members (excludes halogenated alkanes) is 1. The summed E-state index contributed by atoms with van der Waals surface area (Å²) in [6.45, 7) is 12.3. The lowest BCUT2D eigenvalue weighted by atomic mass is 9.97. The topological polar surface area (TPSA) is 54.3 Å². The highest BCUT2D eigenvalue weighted by molar-refractivity contribution is 5.85. The third kappa shape index (κ3) is 3.17. The van der Waals surface area contributed by atoms with E-state index in [0.717, 1.165) is 64.2 Å². The standard InChI is InChI=1S/C20H33N5O/c1-4-6-7-20(8-9-20)19(26)24-12-16-10-23(11-17(16)13-24)14-18-15(3)21-22-25(18)5-2/h16-17H,4-14H2,1-3H3/t16-,17+. The minimum Gasteiger partial charge on any atom is -0.342 e. The second-order valence-corrected chi connectivity index (χ2v) is 8.75. The second kappa shape index (κ2) is 6.95. The summed E-state index contributed by atoms with van der Waals surface area (Å²) in [7, 11) is 0. The molecule has 4 rings (SSSR count). The van der Waals surface area contributed by atoms with Crippen molar-refractivity contribution in [3.63, 3.8) is 0 Å². The summed E-state index contributed by atoms with van der Waals surface area (Å²) < 4.78 is 2.02. The van der Waals surface area contributed by atoms with E-state index in [1.807, 2.05) is 4.68 Å². The summed E-state index contributed by atoms with van der Waals surface area (Å²) in [6.07, 6.45) is 5.73. The molecule has 0 unspecified atom stereocenters. The van der Waals surface area contributed by atoms with Crippen LogP contribution in [0.3, 0.4) is 0 Å². The van der Waals surface area contributed by atoms with Crippen molar-refractivity contribution in [3.8, 4) is 0 Å². The average molecular weight is 360 g/mol. The molecule has 26 heavy (non-hydrogen) atoms. The van der Waals surface area contributed by atoms with E-state index in [1.54, 1.807) is 0 Å². The maximum atomic E-state index is 13.0. The van der Waals surface area contributed by atoms with Crippen molar-refractivity contribution in [1.29, 1.82) is 0 Å². The molecule has 2 saturated heterocycles. The molecule has 6 heteroatoms. The molecule has 1 aliphatic carbocycles. The van der Waals surface area contributed by atoms with Crippen LogP contribution < -0.4 is 0 Å². The minimum absolute atomic E-state index is 0.0325. The van der Waals surface area contributed by atoms with Crippen LogP contribution in [-0.4, -0.2) is 56.9 Å². The number of hydrogen-bond donors (Lipinski definition) is 0. The predicted molar refractivity (Wildman–Crippen MR) is 100 cm³/mol. The molecule has 144 valence electrons. The molecule has 1 amide bonds. The maximum absolute atomic E-state index is 13.0. The van der Waals surface area contributed by atoms with E-state index in [2.05, 4.69) is 40.9 Å². The first kappa shape index (κ1) is 18.0. The molecule has 0 N–H and O–H groups in total. The van der Waals surface area contributed by atoms with Gasteiger partial charge in [0.25, 0.3) is 0 Å².